The van der Waals surface area contributed by atoms with Crippen LogP contribution in [-0.4, -0.2) is 53.9 Å². The summed E-state index contributed by atoms with van der Waals surface area (Å²) in [7, 11) is 1.83. The summed E-state index contributed by atoms with van der Waals surface area (Å²) in [4.78, 5) is 6.94. The summed E-state index contributed by atoms with van der Waals surface area (Å²) in [5, 5.41) is 11.5. The molecule has 0 saturated carbocycles. The molecule has 0 radical (unpaired) electrons. The Morgan fingerprint density at radius 2 is 1.89 bits per heavy atom. The zero-order valence-electron chi connectivity index (χ0n) is 17.5. The van der Waals surface area contributed by atoms with E-state index in [2.05, 4.69) is 62.9 Å². The zero-order chi connectivity index (χ0) is 19.8. The van der Waals surface area contributed by atoms with Gasteiger partial charge >= 0.3 is 0 Å². The number of nitrogens with zero attached hydrogens (tertiary/aromatic N) is 4. The molecule has 1 aliphatic heterocycles. The van der Waals surface area contributed by atoms with Crippen molar-refractivity contribution in [1.29, 1.82) is 0 Å². The van der Waals surface area contributed by atoms with E-state index in [0.29, 0.717) is 6.54 Å². The molecule has 28 heavy (non-hydrogen) atoms. The third kappa shape index (κ3) is 5.58. The highest BCUT2D eigenvalue weighted by Gasteiger charge is 2.11. The zero-order valence-corrected chi connectivity index (χ0v) is 17.5. The second-order valence-corrected chi connectivity index (χ2v) is 7.58. The average molecular weight is 383 g/mol. The highest BCUT2D eigenvalue weighted by Crippen LogP contribution is 2.16. The molecule has 1 fully saturated rings. The first kappa shape index (κ1) is 20.4. The van der Waals surface area contributed by atoms with Crippen molar-refractivity contribution in [2.75, 3.05) is 33.2 Å². The van der Waals surface area contributed by atoms with Gasteiger partial charge in [-0.25, -0.2) is 4.68 Å². The maximum Gasteiger partial charge on any atom is 0.191 e. The van der Waals surface area contributed by atoms with Crippen LogP contribution in [0.1, 0.15) is 42.6 Å². The number of guanidine groups is 1. The fraction of sp³-hybridized carbons (Fsp3) is 0.545. The number of hydrogen-bond acceptors (Lipinski definition) is 3. The highest BCUT2D eigenvalue weighted by atomic mass is 15.3. The predicted molar refractivity (Wildman–Crippen MR) is 116 cm³/mol. The molecule has 0 spiro atoms. The maximum atomic E-state index is 4.63. The SMILES string of the molecule is CN=C(NCCCCN1CCCC1)NCc1ccccc1-n1nc(C)cc1C. The molecule has 1 aromatic heterocycles. The van der Waals surface area contributed by atoms with Crippen molar-refractivity contribution in [3.63, 3.8) is 0 Å². The standard InChI is InChI=1S/C22H34N6/c1-18-16-19(2)28(26-18)21-11-5-4-10-20(21)17-25-22(23-3)24-12-6-7-13-27-14-8-9-15-27/h4-5,10-11,16H,6-9,12-15,17H2,1-3H3,(H2,23,24,25). The molecule has 1 saturated heterocycles. The van der Waals surface area contributed by atoms with Gasteiger partial charge in [0, 0.05) is 25.8 Å². The number of hydrogen-bond donors (Lipinski definition) is 2. The van der Waals surface area contributed by atoms with Crippen LogP contribution in [0, 0.1) is 13.8 Å². The van der Waals surface area contributed by atoms with Crippen molar-refractivity contribution in [2.45, 2.75) is 46.1 Å². The van der Waals surface area contributed by atoms with E-state index >= 15 is 0 Å². The third-order valence-electron chi connectivity index (χ3n) is 5.29. The number of aliphatic imine (C=N–C) groups is 1. The smallest absolute Gasteiger partial charge is 0.191 e. The van der Waals surface area contributed by atoms with E-state index in [1.165, 1.54) is 50.9 Å². The molecule has 0 unspecified atom stereocenters. The minimum absolute atomic E-state index is 0.710. The summed E-state index contributed by atoms with van der Waals surface area (Å²) in [6, 6.07) is 10.5. The first-order valence-corrected chi connectivity index (χ1v) is 10.5. The molecule has 2 heterocycles. The summed E-state index contributed by atoms with van der Waals surface area (Å²) < 4.78 is 2.01. The lowest BCUT2D eigenvalue weighted by Crippen LogP contribution is -2.37. The van der Waals surface area contributed by atoms with Crippen LogP contribution in [-0.2, 0) is 6.54 Å². The van der Waals surface area contributed by atoms with E-state index in [4.69, 9.17) is 0 Å². The molecule has 1 aromatic carbocycles. The van der Waals surface area contributed by atoms with Gasteiger partial charge in [-0.15, -0.1) is 0 Å². The summed E-state index contributed by atoms with van der Waals surface area (Å²) >= 11 is 0. The Labute approximate surface area is 169 Å². The average Bonchev–Trinajstić information content (AvgIpc) is 3.33. The topological polar surface area (TPSA) is 57.5 Å². The number of para-hydroxylation sites is 1. The normalized spacial score (nSPS) is 15.2. The van der Waals surface area contributed by atoms with Gasteiger partial charge in [0.15, 0.2) is 5.96 Å². The van der Waals surface area contributed by atoms with Crippen LogP contribution in [0.2, 0.25) is 0 Å². The second kappa shape index (κ2) is 10.3. The first-order valence-electron chi connectivity index (χ1n) is 10.5. The van der Waals surface area contributed by atoms with Gasteiger partial charge in [0.05, 0.1) is 11.4 Å². The fourth-order valence-corrected chi connectivity index (χ4v) is 3.81. The van der Waals surface area contributed by atoms with Gasteiger partial charge in [-0.05, 0) is 76.9 Å². The Balaban J connectivity index is 1.48. The number of nitrogens with one attached hydrogen (secondary N) is 2. The minimum atomic E-state index is 0.710. The van der Waals surface area contributed by atoms with E-state index in [-0.39, 0.29) is 0 Å². The van der Waals surface area contributed by atoms with E-state index in [9.17, 15) is 0 Å². The monoisotopic (exact) mass is 382 g/mol. The van der Waals surface area contributed by atoms with Crippen LogP contribution in [0.4, 0.5) is 0 Å². The van der Waals surface area contributed by atoms with Gasteiger partial charge in [0.1, 0.15) is 0 Å². The van der Waals surface area contributed by atoms with Crippen LogP contribution < -0.4 is 10.6 Å². The van der Waals surface area contributed by atoms with Crippen molar-refractivity contribution in [3.05, 3.63) is 47.3 Å². The second-order valence-electron chi connectivity index (χ2n) is 7.58. The van der Waals surface area contributed by atoms with E-state index in [1.807, 2.05) is 18.7 Å². The molecule has 2 aromatic rings. The summed E-state index contributed by atoms with van der Waals surface area (Å²) in [6.07, 6.45) is 5.14. The largest absolute Gasteiger partial charge is 0.356 e. The lowest BCUT2D eigenvalue weighted by Gasteiger charge is -2.16. The molecular weight excluding hydrogens is 348 g/mol. The molecule has 0 aliphatic carbocycles. The number of rotatable bonds is 8. The van der Waals surface area contributed by atoms with Crippen LogP contribution in [0.25, 0.3) is 5.69 Å². The number of aromatic nitrogens is 2. The third-order valence-corrected chi connectivity index (χ3v) is 5.29. The fourth-order valence-electron chi connectivity index (χ4n) is 3.81. The maximum absolute atomic E-state index is 4.63. The molecule has 1 aliphatic rings. The van der Waals surface area contributed by atoms with Gasteiger partial charge < -0.3 is 15.5 Å². The molecule has 0 bridgehead atoms. The Kier molecular flexibility index (Phi) is 7.48. The van der Waals surface area contributed by atoms with Crippen molar-refractivity contribution >= 4 is 5.96 Å². The van der Waals surface area contributed by atoms with Crippen LogP contribution >= 0.6 is 0 Å². The van der Waals surface area contributed by atoms with E-state index < -0.39 is 0 Å². The Hall–Kier alpha value is -2.34. The van der Waals surface area contributed by atoms with Crippen LogP contribution in [0.5, 0.6) is 0 Å². The highest BCUT2D eigenvalue weighted by molar-refractivity contribution is 5.79. The Bertz CT molecular complexity index is 773. The predicted octanol–water partition coefficient (Wildman–Crippen LogP) is 3.03. The quantitative estimate of drug-likeness (QED) is 0.419. The molecule has 0 amide bonds. The molecule has 6 heteroatoms. The number of unbranched alkanes of at least 4 members (excludes halogenated alkanes) is 1. The van der Waals surface area contributed by atoms with Gasteiger partial charge in [0.25, 0.3) is 0 Å². The lowest BCUT2D eigenvalue weighted by atomic mass is 10.1. The Morgan fingerprint density at radius 3 is 2.61 bits per heavy atom. The first-order chi connectivity index (χ1) is 13.7. The van der Waals surface area contributed by atoms with Crippen LogP contribution in [0.3, 0.4) is 0 Å². The van der Waals surface area contributed by atoms with Crippen molar-refractivity contribution < 1.29 is 0 Å². The Morgan fingerprint density at radius 1 is 1.11 bits per heavy atom. The number of aryl methyl sites for hydroxylation is 2. The number of likely N-dealkylation sites (tertiary alicyclic amines) is 1. The molecule has 2 N–H and O–H groups in total. The molecule has 152 valence electrons. The van der Waals surface area contributed by atoms with Gasteiger partial charge in [-0.3, -0.25) is 4.99 Å². The van der Waals surface area contributed by atoms with Crippen molar-refractivity contribution in [2.24, 2.45) is 4.99 Å². The summed E-state index contributed by atoms with van der Waals surface area (Å²) in [5.41, 5.74) is 4.49. The number of benzene rings is 1. The summed E-state index contributed by atoms with van der Waals surface area (Å²) in [5.74, 6) is 0.851. The molecular formula is C22H34N6. The van der Waals surface area contributed by atoms with Crippen molar-refractivity contribution in [1.82, 2.24) is 25.3 Å². The van der Waals surface area contributed by atoms with Crippen LogP contribution in [0.15, 0.2) is 35.3 Å². The van der Waals surface area contributed by atoms with Gasteiger partial charge in [-0.1, -0.05) is 18.2 Å². The van der Waals surface area contributed by atoms with E-state index in [0.717, 1.165) is 29.6 Å². The molecule has 6 nitrogen and oxygen atoms in total. The van der Waals surface area contributed by atoms with Gasteiger partial charge in [0.2, 0.25) is 0 Å². The van der Waals surface area contributed by atoms with Crippen molar-refractivity contribution in [3.8, 4) is 5.69 Å². The minimum Gasteiger partial charge on any atom is -0.356 e. The molecule has 0 atom stereocenters. The summed E-state index contributed by atoms with van der Waals surface area (Å²) in [6.45, 7) is 9.57. The molecule has 3 rings (SSSR count). The van der Waals surface area contributed by atoms with E-state index in [1.54, 1.807) is 0 Å². The van der Waals surface area contributed by atoms with Gasteiger partial charge in [-0.2, -0.15) is 5.10 Å². The lowest BCUT2D eigenvalue weighted by molar-refractivity contribution is 0.330.